The SMILES string of the molecule is CC(C)CNc1cccnc1N1CCCC1. The van der Waals surface area contributed by atoms with E-state index in [-0.39, 0.29) is 0 Å². The fraction of sp³-hybridized carbons (Fsp3) is 0.615. The van der Waals surface area contributed by atoms with Gasteiger partial charge in [0, 0.05) is 25.8 Å². The van der Waals surface area contributed by atoms with Crippen molar-refractivity contribution in [3.05, 3.63) is 18.3 Å². The molecule has 0 aliphatic carbocycles. The molecule has 2 heterocycles. The molecule has 0 atom stereocenters. The van der Waals surface area contributed by atoms with Gasteiger partial charge >= 0.3 is 0 Å². The first-order valence-electron chi connectivity index (χ1n) is 6.21. The van der Waals surface area contributed by atoms with Gasteiger partial charge in [-0.25, -0.2) is 4.98 Å². The Morgan fingerprint density at radius 3 is 2.81 bits per heavy atom. The predicted octanol–water partition coefficient (Wildman–Crippen LogP) is 2.75. The van der Waals surface area contributed by atoms with Gasteiger partial charge in [0.2, 0.25) is 0 Å². The summed E-state index contributed by atoms with van der Waals surface area (Å²) in [6, 6.07) is 4.13. The molecule has 0 aromatic carbocycles. The zero-order chi connectivity index (χ0) is 11.4. The Morgan fingerprint density at radius 1 is 1.38 bits per heavy atom. The van der Waals surface area contributed by atoms with Crippen molar-refractivity contribution in [2.24, 2.45) is 5.92 Å². The highest BCUT2D eigenvalue weighted by Crippen LogP contribution is 2.26. The van der Waals surface area contributed by atoms with Crippen LogP contribution in [0.1, 0.15) is 26.7 Å². The van der Waals surface area contributed by atoms with Gasteiger partial charge in [-0.2, -0.15) is 0 Å². The molecule has 1 N–H and O–H groups in total. The van der Waals surface area contributed by atoms with E-state index in [4.69, 9.17) is 0 Å². The van der Waals surface area contributed by atoms with Crippen molar-refractivity contribution in [3.8, 4) is 0 Å². The second-order valence-corrected chi connectivity index (χ2v) is 4.84. The minimum Gasteiger partial charge on any atom is -0.382 e. The van der Waals surface area contributed by atoms with Gasteiger partial charge in [-0.15, -0.1) is 0 Å². The number of hydrogen-bond acceptors (Lipinski definition) is 3. The standard InChI is InChI=1S/C13H21N3/c1-11(2)10-15-12-6-5-7-14-13(12)16-8-3-4-9-16/h5-7,11,15H,3-4,8-10H2,1-2H3. The molecule has 3 nitrogen and oxygen atoms in total. The molecule has 0 saturated carbocycles. The Morgan fingerprint density at radius 2 is 2.12 bits per heavy atom. The highest BCUT2D eigenvalue weighted by atomic mass is 15.2. The predicted molar refractivity (Wildman–Crippen MR) is 69.0 cm³/mol. The molecule has 0 spiro atoms. The van der Waals surface area contributed by atoms with Crippen molar-refractivity contribution in [1.29, 1.82) is 0 Å². The van der Waals surface area contributed by atoms with E-state index in [1.165, 1.54) is 18.5 Å². The molecule has 0 bridgehead atoms. The molecule has 1 aromatic rings. The Labute approximate surface area is 97.9 Å². The summed E-state index contributed by atoms with van der Waals surface area (Å²) in [6.45, 7) is 7.74. The normalized spacial score (nSPS) is 15.8. The monoisotopic (exact) mass is 219 g/mol. The van der Waals surface area contributed by atoms with Crippen molar-refractivity contribution in [2.45, 2.75) is 26.7 Å². The summed E-state index contributed by atoms with van der Waals surface area (Å²) in [5, 5.41) is 3.49. The van der Waals surface area contributed by atoms with E-state index in [9.17, 15) is 0 Å². The second kappa shape index (κ2) is 5.19. The zero-order valence-corrected chi connectivity index (χ0v) is 10.2. The van der Waals surface area contributed by atoms with E-state index in [0.29, 0.717) is 5.92 Å². The molecule has 2 rings (SSSR count). The maximum Gasteiger partial charge on any atom is 0.151 e. The van der Waals surface area contributed by atoms with Crippen LogP contribution in [0, 0.1) is 5.92 Å². The third-order valence-electron chi connectivity index (χ3n) is 2.89. The summed E-state index contributed by atoms with van der Waals surface area (Å²) in [7, 11) is 0. The fourth-order valence-corrected chi connectivity index (χ4v) is 2.03. The molecule has 1 fully saturated rings. The molecule has 1 aliphatic rings. The lowest BCUT2D eigenvalue weighted by molar-refractivity contribution is 0.688. The van der Waals surface area contributed by atoms with E-state index < -0.39 is 0 Å². The number of nitrogens with zero attached hydrogens (tertiary/aromatic N) is 2. The molecule has 3 heteroatoms. The Kier molecular flexibility index (Phi) is 3.65. The largest absolute Gasteiger partial charge is 0.382 e. The summed E-state index contributed by atoms with van der Waals surface area (Å²) < 4.78 is 0. The van der Waals surface area contributed by atoms with Crippen LogP contribution in [0.25, 0.3) is 0 Å². The van der Waals surface area contributed by atoms with Crippen LogP contribution in [0.15, 0.2) is 18.3 Å². The van der Waals surface area contributed by atoms with E-state index in [0.717, 1.165) is 25.5 Å². The van der Waals surface area contributed by atoms with Gasteiger partial charge in [-0.05, 0) is 30.9 Å². The van der Waals surface area contributed by atoms with Crippen molar-refractivity contribution in [1.82, 2.24) is 4.98 Å². The Bertz CT molecular complexity index is 330. The van der Waals surface area contributed by atoms with Crippen molar-refractivity contribution in [3.63, 3.8) is 0 Å². The second-order valence-electron chi connectivity index (χ2n) is 4.84. The molecular formula is C13H21N3. The van der Waals surface area contributed by atoms with Crippen LogP contribution in [0.2, 0.25) is 0 Å². The quantitative estimate of drug-likeness (QED) is 0.844. The molecule has 1 aliphatic heterocycles. The lowest BCUT2D eigenvalue weighted by Gasteiger charge is -2.20. The van der Waals surface area contributed by atoms with Crippen LogP contribution in [0.4, 0.5) is 11.5 Å². The van der Waals surface area contributed by atoms with Gasteiger partial charge in [0.1, 0.15) is 0 Å². The average molecular weight is 219 g/mol. The van der Waals surface area contributed by atoms with Crippen LogP contribution in [0.5, 0.6) is 0 Å². The number of aromatic nitrogens is 1. The van der Waals surface area contributed by atoms with E-state index in [1.54, 1.807) is 0 Å². The van der Waals surface area contributed by atoms with Crippen LogP contribution in [0.3, 0.4) is 0 Å². The van der Waals surface area contributed by atoms with Crippen LogP contribution in [-0.4, -0.2) is 24.6 Å². The number of hydrogen-bond donors (Lipinski definition) is 1. The molecule has 88 valence electrons. The summed E-state index contributed by atoms with van der Waals surface area (Å²) in [5.74, 6) is 1.78. The van der Waals surface area contributed by atoms with E-state index in [1.807, 2.05) is 12.3 Å². The Hall–Kier alpha value is -1.25. The number of anilines is 2. The smallest absolute Gasteiger partial charge is 0.151 e. The van der Waals surface area contributed by atoms with E-state index in [2.05, 4.69) is 35.1 Å². The van der Waals surface area contributed by atoms with Crippen molar-refractivity contribution >= 4 is 11.5 Å². The summed E-state index contributed by atoms with van der Waals surface area (Å²) in [6.07, 6.45) is 4.47. The summed E-state index contributed by atoms with van der Waals surface area (Å²) in [5.41, 5.74) is 1.18. The first-order valence-corrected chi connectivity index (χ1v) is 6.21. The molecule has 0 amide bonds. The lowest BCUT2D eigenvalue weighted by Crippen LogP contribution is -2.21. The minimum atomic E-state index is 0.659. The molecule has 1 saturated heterocycles. The van der Waals surface area contributed by atoms with Crippen molar-refractivity contribution in [2.75, 3.05) is 29.9 Å². The van der Waals surface area contributed by atoms with Gasteiger partial charge in [-0.1, -0.05) is 13.8 Å². The third kappa shape index (κ3) is 2.65. The van der Waals surface area contributed by atoms with Gasteiger partial charge in [0.05, 0.1) is 5.69 Å². The number of nitrogens with one attached hydrogen (secondary N) is 1. The highest BCUT2D eigenvalue weighted by molar-refractivity contribution is 5.65. The fourth-order valence-electron chi connectivity index (χ4n) is 2.03. The first kappa shape index (κ1) is 11.2. The molecule has 0 unspecified atom stereocenters. The van der Waals surface area contributed by atoms with Crippen LogP contribution < -0.4 is 10.2 Å². The number of rotatable bonds is 4. The first-order chi connectivity index (χ1) is 7.77. The number of pyridine rings is 1. The van der Waals surface area contributed by atoms with Gasteiger partial charge < -0.3 is 10.2 Å². The third-order valence-corrected chi connectivity index (χ3v) is 2.89. The maximum absolute atomic E-state index is 4.50. The minimum absolute atomic E-state index is 0.659. The van der Waals surface area contributed by atoms with Crippen LogP contribution >= 0.6 is 0 Å². The lowest BCUT2D eigenvalue weighted by atomic mass is 10.2. The van der Waals surface area contributed by atoms with Gasteiger partial charge in [0.25, 0.3) is 0 Å². The summed E-state index contributed by atoms with van der Waals surface area (Å²) >= 11 is 0. The molecular weight excluding hydrogens is 198 g/mol. The zero-order valence-electron chi connectivity index (χ0n) is 10.2. The van der Waals surface area contributed by atoms with Gasteiger partial charge in [0.15, 0.2) is 5.82 Å². The topological polar surface area (TPSA) is 28.2 Å². The summed E-state index contributed by atoms with van der Waals surface area (Å²) in [4.78, 5) is 6.88. The molecule has 0 radical (unpaired) electrons. The Balaban J connectivity index is 2.10. The van der Waals surface area contributed by atoms with E-state index >= 15 is 0 Å². The molecule has 16 heavy (non-hydrogen) atoms. The average Bonchev–Trinajstić information content (AvgIpc) is 2.80. The van der Waals surface area contributed by atoms with Crippen molar-refractivity contribution < 1.29 is 0 Å². The van der Waals surface area contributed by atoms with Gasteiger partial charge in [-0.3, -0.25) is 0 Å². The highest BCUT2D eigenvalue weighted by Gasteiger charge is 2.16. The maximum atomic E-state index is 4.50. The molecule has 1 aromatic heterocycles. The van der Waals surface area contributed by atoms with Crippen LogP contribution in [-0.2, 0) is 0 Å².